The molecule has 1 rings (SSSR count). The van der Waals surface area contributed by atoms with Gasteiger partial charge in [0.15, 0.2) is 5.96 Å². The summed E-state index contributed by atoms with van der Waals surface area (Å²) in [7, 11) is 1.83. The molecule has 0 spiro atoms. The van der Waals surface area contributed by atoms with Crippen molar-refractivity contribution in [1.82, 2.24) is 20.4 Å². The molecule has 0 aromatic carbocycles. The fourth-order valence-electron chi connectivity index (χ4n) is 2.84. The highest BCUT2D eigenvalue weighted by Gasteiger charge is 2.20. The zero-order valence-electron chi connectivity index (χ0n) is 16.3. The number of nitrogens with zero attached hydrogens (tertiary/aromatic N) is 3. The number of hydrogen-bond acceptors (Lipinski definition) is 4. The van der Waals surface area contributed by atoms with Crippen LogP contribution in [0.2, 0.25) is 0 Å². The van der Waals surface area contributed by atoms with E-state index in [1.807, 2.05) is 7.05 Å². The van der Waals surface area contributed by atoms with Crippen molar-refractivity contribution in [3.05, 3.63) is 0 Å². The van der Waals surface area contributed by atoms with Crippen LogP contribution in [0.1, 0.15) is 40.0 Å². The third kappa shape index (κ3) is 8.85. The smallest absolute Gasteiger partial charge is 0.191 e. The summed E-state index contributed by atoms with van der Waals surface area (Å²) in [5.41, 5.74) is 0. The standard InChI is InChI=1S/C18H39N5O/c1-5-7-14-24-15-8-9-20-18(19-4)21-16-17(3)23-12-10-22(6-2)11-13-23/h17H,5-16H2,1-4H3,(H2,19,20,21). The van der Waals surface area contributed by atoms with Crippen LogP contribution in [0.25, 0.3) is 0 Å². The van der Waals surface area contributed by atoms with Crippen LogP contribution in [-0.2, 0) is 4.74 Å². The number of likely N-dealkylation sites (N-methyl/N-ethyl adjacent to an activating group) is 1. The summed E-state index contributed by atoms with van der Waals surface area (Å²) in [6, 6.07) is 0.528. The molecule has 24 heavy (non-hydrogen) atoms. The topological polar surface area (TPSA) is 52.1 Å². The van der Waals surface area contributed by atoms with Gasteiger partial charge < -0.3 is 20.3 Å². The van der Waals surface area contributed by atoms with E-state index >= 15 is 0 Å². The van der Waals surface area contributed by atoms with E-state index in [1.165, 1.54) is 26.1 Å². The Kier molecular flexibility index (Phi) is 11.9. The van der Waals surface area contributed by atoms with Gasteiger partial charge in [-0.1, -0.05) is 20.3 Å². The molecule has 6 nitrogen and oxygen atoms in total. The molecule has 2 N–H and O–H groups in total. The lowest BCUT2D eigenvalue weighted by Gasteiger charge is -2.37. The van der Waals surface area contributed by atoms with Crippen LogP contribution in [0.15, 0.2) is 4.99 Å². The molecule has 0 bridgehead atoms. The molecule has 0 aromatic heterocycles. The fourth-order valence-corrected chi connectivity index (χ4v) is 2.84. The molecule has 1 fully saturated rings. The number of piperazine rings is 1. The minimum atomic E-state index is 0.528. The van der Waals surface area contributed by atoms with Crippen molar-refractivity contribution in [3.63, 3.8) is 0 Å². The maximum absolute atomic E-state index is 5.57. The van der Waals surface area contributed by atoms with Gasteiger partial charge in [-0.3, -0.25) is 9.89 Å². The Morgan fingerprint density at radius 3 is 2.42 bits per heavy atom. The van der Waals surface area contributed by atoms with E-state index in [4.69, 9.17) is 4.74 Å². The van der Waals surface area contributed by atoms with Crippen LogP contribution in [0.3, 0.4) is 0 Å². The van der Waals surface area contributed by atoms with Crippen LogP contribution in [-0.4, -0.2) is 87.9 Å². The maximum Gasteiger partial charge on any atom is 0.191 e. The Morgan fingerprint density at radius 2 is 1.79 bits per heavy atom. The molecule has 1 saturated heterocycles. The van der Waals surface area contributed by atoms with Gasteiger partial charge in [0, 0.05) is 65.6 Å². The summed E-state index contributed by atoms with van der Waals surface area (Å²) >= 11 is 0. The van der Waals surface area contributed by atoms with Gasteiger partial charge in [-0.05, 0) is 26.3 Å². The lowest BCUT2D eigenvalue weighted by atomic mass is 10.2. The van der Waals surface area contributed by atoms with E-state index in [-0.39, 0.29) is 0 Å². The van der Waals surface area contributed by atoms with Crippen molar-refractivity contribution in [2.24, 2.45) is 4.99 Å². The van der Waals surface area contributed by atoms with Crippen LogP contribution < -0.4 is 10.6 Å². The van der Waals surface area contributed by atoms with Crippen molar-refractivity contribution in [2.75, 3.05) is 66.1 Å². The number of unbranched alkanes of at least 4 members (excludes halogenated alkanes) is 1. The summed E-state index contributed by atoms with van der Waals surface area (Å²) < 4.78 is 5.57. The summed E-state index contributed by atoms with van der Waals surface area (Å²) in [4.78, 5) is 9.38. The van der Waals surface area contributed by atoms with E-state index in [2.05, 4.69) is 46.2 Å². The average Bonchev–Trinajstić information content (AvgIpc) is 2.63. The van der Waals surface area contributed by atoms with Crippen LogP contribution in [0.4, 0.5) is 0 Å². The molecule has 1 aliphatic rings. The number of hydrogen-bond donors (Lipinski definition) is 2. The second-order valence-electron chi connectivity index (χ2n) is 6.52. The molecular weight excluding hydrogens is 302 g/mol. The lowest BCUT2D eigenvalue weighted by molar-refractivity contribution is 0.107. The molecule has 0 aliphatic carbocycles. The largest absolute Gasteiger partial charge is 0.381 e. The molecule has 142 valence electrons. The zero-order valence-corrected chi connectivity index (χ0v) is 16.3. The van der Waals surface area contributed by atoms with Gasteiger partial charge in [0.05, 0.1) is 0 Å². The van der Waals surface area contributed by atoms with E-state index in [0.29, 0.717) is 6.04 Å². The molecule has 1 atom stereocenters. The monoisotopic (exact) mass is 341 g/mol. The lowest BCUT2D eigenvalue weighted by Crippen LogP contribution is -2.53. The molecule has 1 aliphatic heterocycles. The van der Waals surface area contributed by atoms with Crippen LogP contribution >= 0.6 is 0 Å². The second kappa shape index (κ2) is 13.4. The Labute approximate surface area is 149 Å². The van der Waals surface area contributed by atoms with Crippen molar-refractivity contribution in [1.29, 1.82) is 0 Å². The van der Waals surface area contributed by atoms with E-state index < -0.39 is 0 Å². The number of ether oxygens (including phenoxy) is 1. The third-order valence-electron chi connectivity index (χ3n) is 4.67. The molecule has 0 radical (unpaired) electrons. The first-order valence-electron chi connectivity index (χ1n) is 9.69. The van der Waals surface area contributed by atoms with Crippen molar-refractivity contribution in [3.8, 4) is 0 Å². The first kappa shape index (κ1) is 21.2. The second-order valence-corrected chi connectivity index (χ2v) is 6.52. The first-order valence-corrected chi connectivity index (χ1v) is 9.69. The van der Waals surface area contributed by atoms with Crippen LogP contribution in [0.5, 0.6) is 0 Å². The number of nitrogens with one attached hydrogen (secondary N) is 2. The average molecular weight is 342 g/mol. The van der Waals surface area contributed by atoms with Crippen molar-refractivity contribution in [2.45, 2.75) is 46.1 Å². The van der Waals surface area contributed by atoms with Crippen molar-refractivity contribution < 1.29 is 4.74 Å². The third-order valence-corrected chi connectivity index (χ3v) is 4.67. The molecule has 0 aromatic rings. The predicted octanol–water partition coefficient (Wildman–Crippen LogP) is 1.38. The first-order chi connectivity index (χ1) is 11.7. The van der Waals surface area contributed by atoms with Gasteiger partial charge in [0.2, 0.25) is 0 Å². The minimum Gasteiger partial charge on any atom is -0.381 e. The van der Waals surface area contributed by atoms with E-state index in [1.54, 1.807) is 0 Å². The van der Waals surface area contributed by atoms with Crippen LogP contribution in [0, 0.1) is 0 Å². The molecule has 6 heteroatoms. The summed E-state index contributed by atoms with van der Waals surface area (Å²) in [6.07, 6.45) is 3.36. The predicted molar refractivity (Wildman–Crippen MR) is 103 cm³/mol. The number of aliphatic imine (C=N–C) groups is 1. The quantitative estimate of drug-likeness (QED) is 0.338. The van der Waals surface area contributed by atoms with Gasteiger partial charge in [-0.25, -0.2) is 0 Å². The molecule has 1 heterocycles. The van der Waals surface area contributed by atoms with Gasteiger partial charge in [-0.2, -0.15) is 0 Å². The van der Waals surface area contributed by atoms with Gasteiger partial charge >= 0.3 is 0 Å². The zero-order chi connectivity index (χ0) is 17.6. The normalized spacial score (nSPS) is 18.6. The molecule has 0 amide bonds. The molecule has 0 saturated carbocycles. The minimum absolute atomic E-state index is 0.528. The van der Waals surface area contributed by atoms with Gasteiger partial charge in [-0.15, -0.1) is 0 Å². The van der Waals surface area contributed by atoms with Crippen molar-refractivity contribution >= 4 is 5.96 Å². The van der Waals surface area contributed by atoms with Gasteiger partial charge in [0.25, 0.3) is 0 Å². The Bertz CT molecular complexity index is 329. The fraction of sp³-hybridized carbons (Fsp3) is 0.944. The maximum atomic E-state index is 5.57. The molecule has 1 unspecified atom stereocenters. The Balaban J connectivity index is 2.10. The summed E-state index contributed by atoms with van der Waals surface area (Å²) in [6.45, 7) is 16.1. The number of guanidine groups is 1. The summed E-state index contributed by atoms with van der Waals surface area (Å²) in [5.74, 6) is 0.891. The number of rotatable bonds is 11. The highest BCUT2D eigenvalue weighted by Crippen LogP contribution is 2.05. The van der Waals surface area contributed by atoms with E-state index in [9.17, 15) is 0 Å². The van der Waals surface area contributed by atoms with E-state index in [0.717, 1.165) is 58.2 Å². The molecular formula is C18H39N5O. The Hall–Kier alpha value is -0.850. The SMILES string of the molecule is CCCCOCCCNC(=NC)NCC(C)N1CCN(CC)CC1. The highest BCUT2D eigenvalue weighted by molar-refractivity contribution is 5.79. The summed E-state index contributed by atoms with van der Waals surface area (Å²) in [5, 5.41) is 6.81. The Morgan fingerprint density at radius 1 is 1.08 bits per heavy atom. The van der Waals surface area contributed by atoms with Gasteiger partial charge in [0.1, 0.15) is 0 Å². The highest BCUT2D eigenvalue weighted by atomic mass is 16.5.